The Bertz CT molecular complexity index is 779. The third-order valence-corrected chi connectivity index (χ3v) is 3.41. The van der Waals surface area contributed by atoms with Crippen molar-refractivity contribution in [1.29, 1.82) is 0 Å². The Labute approximate surface area is 121 Å². The number of ether oxygens (including phenoxy) is 2. The van der Waals surface area contributed by atoms with E-state index < -0.39 is 12.0 Å². The fraction of sp³-hybridized carbons (Fsp3) is 0.125. The summed E-state index contributed by atoms with van der Waals surface area (Å²) >= 11 is 0. The summed E-state index contributed by atoms with van der Waals surface area (Å²) in [5.74, 6) is 0.331. The predicted molar refractivity (Wildman–Crippen MR) is 77.7 cm³/mol. The van der Waals surface area contributed by atoms with Crippen molar-refractivity contribution in [3.63, 3.8) is 0 Å². The van der Waals surface area contributed by atoms with Gasteiger partial charge < -0.3 is 9.47 Å². The summed E-state index contributed by atoms with van der Waals surface area (Å²) in [7, 11) is 2.99. The molecule has 3 rings (SSSR count). The van der Waals surface area contributed by atoms with Crippen LogP contribution in [0.25, 0.3) is 16.8 Å². The number of likely N-dealkylation sites (N-methyl/N-ethyl adjacent to an activating group) is 1. The molecule has 1 aliphatic rings. The summed E-state index contributed by atoms with van der Waals surface area (Å²) in [6.45, 7) is 0. The number of carbonyl (C=O) groups excluding carboxylic acids is 2. The van der Waals surface area contributed by atoms with Gasteiger partial charge >= 0.3 is 6.09 Å². The first-order chi connectivity index (χ1) is 10.1. The maximum Gasteiger partial charge on any atom is 0.422 e. The van der Waals surface area contributed by atoms with Gasteiger partial charge in [-0.05, 0) is 23.1 Å². The standard InChI is InChI=1S/C16H13NO4/c1-17-15(18)14(21-16(17)19)9-10-7-8-13(20-2)12-6-4-3-5-11(10)12/h3-9H,1-2H3/b14-9+. The molecular weight excluding hydrogens is 270 g/mol. The number of benzene rings is 2. The van der Waals surface area contributed by atoms with E-state index in [2.05, 4.69) is 0 Å². The Morgan fingerprint density at radius 3 is 2.43 bits per heavy atom. The molecule has 2 amide bonds. The zero-order valence-corrected chi connectivity index (χ0v) is 11.6. The average Bonchev–Trinajstić information content (AvgIpc) is 2.75. The van der Waals surface area contributed by atoms with E-state index in [1.807, 2.05) is 36.4 Å². The van der Waals surface area contributed by atoms with E-state index in [1.54, 1.807) is 13.2 Å². The van der Waals surface area contributed by atoms with E-state index in [-0.39, 0.29) is 5.76 Å². The Hall–Kier alpha value is -2.82. The van der Waals surface area contributed by atoms with E-state index in [4.69, 9.17) is 9.47 Å². The summed E-state index contributed by atoms with van der Waals surface area (Å²) in [4.78, 5) is 24.2. The van der Waals surface area contributed by atoms with Crippen LogP contribution in [0.15, 0.2) is 42.2 Å². The molecule has 5 heteroatoms. The van der Waals surface area contributed by atoms with Crippen LogP contribution >= 0.6 is 0 Å². The van der Waals surface area contributed by atoms with E-state index in [1.165, 1.54) is 7.05 Å². The van der Waals surface area contributed by atoms with Crippen LogP contribution in [0.1, 0.15) is 5.56 Å². The third kappa shape index (κ3) is 2.12. The Balaban J connectivity index is 2.14. The van der Waals surface area contributed by atoms with Gasteiger partial charge in [0.1, 0.15) is 5.75 Å². The molecule has 0 unspecified atom stereocenters. The number of amides is 2. The number of nitrogens with zero attached hydrogens (tertiary/aromatic N) is 1. The summed E-state index contributed by atoms with van der Waals surface area (Å²) in [6, 6.07) is 11.3. The van der Waals surface area contributed by atoms with Gasteiger partial charge in [0.25, 0.3) is 5.91 Å². The summed E-state index contributed by atoms with van der Waals surface area (Å²) in [6.07, 6.45) is 0.912. The molecule has 2 aromatic rings. The van der Waals surface area contributed by atoms with Gasteiger partial charge in [-0.15, -0.1) is 0 Å². The van der Waals surface area contributed by atoms with Crippen LogP contribution in [0.2, 0.25) is 0 Å². The van der Waals surface area contributed by atoms with Crippen LogP contribution in [0, 0.1) is 0 Å². The highest BCUT2D eigenvalue weighted by molar-refractivity contribution is 6.10. The van der Waals surface area contributed by atoms with Crippen molar-refractivity contribution >= 4 is 28.8 Å². The first-order valence-corrected chi connectivity index (χ1v) is 6.39. The van der Waals surface area contributed by atoms with Crippen molar-refractivity contribution in [1.82, 2.24) is 4.90 Å². The molecule has 0 atom stereocenters. The van der Waals surface area contributed by atoms with E-state index in [0.717, 1.165) is 27.0 Å². The normalized spacial score (nSPS) is 16.7. The number of methoxy groups -OCH3 is 1. The van der Waals surface area contributed by atoms with Gasteiger partial charge in [-0.25, -0.2) is 9.69 Å². The van der Waals surface area contributed by atoms with Crippen molar-refractivity contribution in [3.05, 3.63) is 47.7 Å². The van der Waals surface area contributed by atoms with Gasteiger partial charge in [-0.1, -0.05) is 30.3 Å². The van der Waals surface area contributed by atoms with E-state index >= 15 is 0 Å². The Morgan fingerprint density at radius 2 is 1.81 bits per heavy atom. The largest absolute Gasteiger partial charge is 0.496 e. The number of imide groups is 1. The minimum absolute atomic E-state index is 0.0258. The van der Waals surface area contributed by atoms with Gasteiger partial charge in [0.15, 0.2) is 5.76 Å². The number of carbonyl (C=O) groups is 2. The van der Waals surface area contributed by atoms with Crippen LogP contribution < -0.4 is 4.74 Å². The second kappa shape index (κ2) is 4.94. The highest BCUT2D eigenvalue weighted by Crippen LogP contribution is 2.30. The molecule has 21 heavy (non-hydrogen) atoms. The highest BCUT2D eigenvalue weighted by atomic mass is 16.6. The number of rotatable bonds is 2. The van der Waals surface area contributed by atoms with Crippen LogP contribution in [0.4, 0.5) is 4.79 Å². The predicted octanol–water partition coefficient (Wildman–Crippen LogP) is 2.80. The van der Waals surface area contributed by atoms with E-state index in [9.17, 15) is 9.59 Å². The SMILES string of the molecule is COc1ccc(/C=C2/OC(=O)N(C)C2=O)c2ccccc12. The van der Waals surface area contributed by atoms with Gasteiger partial charge in [0.2, 0.25) is 0 Å². The van der Waals surface area contributed by atoms with Crippen molar-refractivity contribution in [2.24, 2.45) is 0 Å². The molecule has 0 radical (unpaired) electrons. The summed E-state index contributed by atoms with van der Waals surface area (Å²) in [5, 5.41) is 1.85. The van der Waals surface area contributed by atoms with Crippen LogP contribution in [-0.4, -0.2) is 31.1 Å². The highest BCUT2D eigenvalue weighted by Gasteiger charge is 2.33. The number of hydrogen-bond donors (Lipinski definition) is 0. The zero-order valence-electron chi connectivity index (χ0n) is 11.6. The fourth-order valence-corrected chi connectivity index (χ4v) is 2.29. The molecule has 1 aliphatic heterocycles. The monoisotopic (exact) mass is 283 g/mol. The Morgan fingerprint density at radius 1 is 1.10 bits per heavy atom. The number of fused-ring (bicyclic) bond motifs is 1. The maximum atomic E-state index is 11.9. The van der Waals surface area contributed by atoms with Gasteiger partial charge in [0, 0.05) is 12.4 Å². The van der Waals surface area contributed by atoms with Crippen molar-refractivity contribution < 1.29 is 19.1 Å². The lowest BCUT2D eigenvalue weighted by Crippen LogP contribution is -2.23. The minimum Gasteiger partial charge on any atom is -0.496 e. The molecule has 2 aromatic carbocycles. The molecule has 0 aromatic heterocycles. The van der Waals surface area contributed by atoms with Crippen molar-refractivity contribution in [2.75, 3.05) is 14.2 Å². The second-order valence-electron chi connectivity index (χ2n) is 4.64. The molecule has 1 heterocycles. The molecular formula is C16H13NO4. The quantitative estimate of drug-likeness (QED) is 0.795. The van der Waals surface area contributed by atoms with Crippen LogP contribution in [-0.2, 0) is 9.53 Å². The van der Waals surface area contributed by atoms with Gasteiger partial charge in [-0.3, -0.25) is 4.79 Å². The molecule has 0 aliphatic carbocycles. The first-order valence-electron chi connectivity index (χ1n) is 6.39. The molecule has 0 bridgehead atoms. The molecule has 0 saturated carbocycles. The van der Waals surface area contributed by atoms with Gasteiger partial charge in [0.05, 0.1) is 7.11 Å². The van der Waals surface area contributed by atoms with Crippen LogP contribution in [0.3, 0.4) is 0 Å². The van der Waals surface area contributed by atoms with Crippen molar-refractivity contribution in [3.8, 4) is 5.75 Å². The first kappa shape index (κ1) is 13.2. The molecule has 1 saturated heterocycles. The molecule has 1 fully saturated rings. The summed E-state index contributed by atoms with van der Waals surface area (Å²) in [5.41, 5.74) is 0.790. The topological polar surface area (TPSA) is 55.8 Å². The maximum absolute atomic E-state index is 11.9. The molecule has 0 N–H and O–H groups in total. The summed E-state index contributed by atoms with van der Waals surface area (Å²) < 4.78 is 10.3. The molecule has 106 valence electrons. The second-order valence-corrected chi connectivity index (χ2v) is 4.64. The van der Waals surface area contributed by atoms with Gasteiger partial charge in [-0.2, -0.15) is 0 Å². The average molecular weight is 283 g/mol. The fourth-order valence-electron chi connectivity index (χ4n) is 2.29. The lowest BCUT2D eigenvalue weighted by atomic mass is 10.0. The Kier molecular flexibility index (Phi) is 3.10. The van der Waals surface area contributed by atoms with Crippen molar-refractivity contribution in [2.45, 2.75) is 0 Å². The zero-order chi connectivity index (χ0) is 15.0. The number of hydrogen-bond acceptors (Lipinski definition) is 4. The third-order valence-electron chi connectivity index (χ3n) is 3.41. The van der Waals surface area contributed by atoms with E-state index in [0.29, 0.717) is 0 Å². The lowest BCUT2D eigenvalue weighted by Gasteiger charge is -2.08. The number of cyclic esters (lactones) is 1. The smallest absolute Gasteiger partial charge is 0.422 e. The van der Waals surface area contributed by atoms with Crippen LogP contribution in [0.5, 0.6) is 5.75 Å². The molecule has 0 spiro atoms. The molecule has 5 nitrogen and oxygen atoms in total. The lowest BCUT2D eigenvalue weighted by molar-refractivity contribution is -0.122. The minimum atomic E-state index is -0.663.